The number of anilines is 1. The van der Waals surface area contributed by atoms with Crippen LogP contribution in [0.15, 0.2) is 36.8 Å². The van der Waals surface area contributed by atoms with Crippen LogP contribution in [0.5, 0.6) is 0 Å². The molecule has 0 aliphatic heterocycles. The first-order valence-electron chi connectivity index (χ1n) is 6.13. The van der Waals surface area contributed by atoms with Crippen LogP contribution in [0.1, 0.15) is 18.1 Å². The molecular weight excluding hydrogens is 245 g/mol. The Morgan fingerprint density at radius 1 is 1.32 bits per heavy atom. The zero-order valence-electron chi connectivity index (χ0n) is 10.8. The van der Waals surface area contributed by atoms with Crippen molar-refractivity contribution >= 4 is 5.82 Å². The fourth-order valence-electron chi connectivity index (χ4n) is 1.92. The summed E-state index contributed by atoms with van der Waals surface area (Å²) in [5.41, 5.74) is 1.59. The van der Waals surface area contributed by atoms with Gasteiger partial charge in [-0.2, -0.15) is 0 Å². The van der Waals surface area contributed by atoms with Crippen molar-refractivity contribution in [2.45, 2.75) is 20.1 Å². The Bertz CT molecular complexity index is 533. The Balaban J connectivity index is 2.27. The van der Waals surface area contributed by atoms with E-state index in [1.165, 1.54) is 12.3 Å². The molecule has 0 aromatic carbocycles. The summed E-state index contributed by atoms with van der Waals surface area (Å²) in [6.07, 6.45) is 4.63. The molecule has 0 saturated heterocycles. The third-order valence-corrected chi connectivity index (χ3v) is 2.88. The van der Waals surface area contributed by atoms with Gasteiger partial charge in [0.25, 0.3) is 0 Å². The van der Waals surface area contributed by atoms with Crippen LogP contribution in [-0.4, -0.2) is 21.6 Å². The van der Waals surface area contributed by atoms with Gasteiger partial charge in [-0.1, -0.05) is 0 Å². The van der Waals surface area contributed by atoms with Crippen molar-refractivity contribution < 1.29 is 9.50 Å². The first kappa shape index (κ1) is 13.4. The molecule has 0 atom stereocenters. The lowest BCUT2D eigenvalue weighted by molar-refractivity contribution is 0.281. The van der Waals surface area contributed by atoms with Crippen LogP contribution in [-0.2, 0) is 13.2 Å². The van der Waals surface area contributed by atoms with Gasteiger partial charge < -0.3 is 10.0 Å². The van der Waals surface area contributed by atoms with Crippen LogP contribution >= 0.6 is 0 Å². The molecule has 0 bridgehead atoms. The number of aromatic nitrogens is 2. The molecule has 2 rings (SSSR count). The van der Waals surface area contributed by atoms with Gasteiger partial charge in [-0.05, 0) is 30.7 Å². The molecule has 2 heterocycles. The highest BCUT2D eigenvalue weighted by Crippen LogP contribution is 2.20. The van der Waals surface area contributed by atoms with Crippen molar-refractivity contribution in [3.05, 3.63) is 53.7 Å². The van der Waals surface area contributed by atoms with Crippen molar-refractivity contribution in [3.8, 4) is 0 Å². The van der Waals surface area contributed by atoms with Gasteiger partial charge in [0, 0.05) is 31.0 Å². The first-order chi connectivity index (χ1) is 9.24. The number of hydrogen-bond donors (Lipinski definition) is 1. The number of aliphatic hydroxyl groups excluding tert-OH is 1. The molecule has 0 saturated carbocycles. The number of hydrogen-bond acceptors (Lipinski definition) is 4. The molecule has 100 valence electrons. The average Bonchev–Trinajstić information content (AvgIpc) is 2.46. The van der Waals surface area contributed by atoms with Crippen molar-refractivity contribution in [1.82, 2.24) is 9.97 Å². The summed E-state index contributed by atoms with van der Waals surface area (Å²) >= 11 is 0. The number of aliphatic hydroxyl groups is 1. The van der Waals surface area contributed by atoms with E-state index in [1.54, 1.807) is 12.4 Å². The third-order valence-electron chi connectivity index (χ3n) is 2.88. The minimum atomic E-state index is -0.437. The van der Waals surface area contributed by atoms with Crippen LogP contribution in [0.3, 0.4) is 0 Å². The molecule has 19 heavy (non-hydrogen) atoms. The summed E-state index contributed by atoms with van der Waals surface area (Å²) in [5.74, 6) is 0.177. The van der Waals surface area contributed by atoms with Gasteiger partial charge in [0.2, 0.25) is 0 Å². The van der Waals surface area contributed by atoms with Gasteiger partial charge >= 0.3 is 0 Å². The third kappa shape index (κ3) is 3.26. The summed E-state index contributed by atoms with van der Waals surface area (Å²) in [5, 5.41) is 9.31. The number of pyridine rings is 2. The number of rotatable bonds is 5. The lowest BCUT2D eigenvalue weighted by atomic mass is 10.2. The molecule has 2 aromatic heterocycles. The predicted octanol–water partition coefficient (Wildman–Crippen LogP) is 2.13. The topological polar surface area (TPSA) is 49.2 Å². The smallest absolute Gasteiger partial charge is 0.142 e. The van der Waals surface area contributed by atoms with Crippen molar-refractivity contribution in [2.75, 3.05) is 11.4 Å². The zero-order chi connectivity index (χ0) is 13.7. The molecule has 0 aliphatic carbocycles. The minimum Gasteiger partial charge on any atom is -0.392 e. The van der Waals surface area contributed by atoms with Gasteiger partial charge in [-0.15, -0.1) is 0 Å². The van der Waals surface area contributed by atoms with Crippen LogP contribution < -0.4 is 4.90 Å². The average molecular weight is 261 g/mol. The lowest BCUT2D eigenvalue weighted by Gasteiger charge is -2.24. The van der Waals surface area contributed by atoms with E-state index in [2.05, 4.69) is 9.97 Å². The molecule has 1 N–H and O–H groups in total. The largest absolute Gasteiger partial charge is 0.392 e. The van der Waals surface area contributed by atoms with Gasteiger partial charge in [0.15, 0.2) is 0 Å². The summed E-state index contributed by atoms with van der Waals surface area (Å²) in [6.45, 7) is 3.12. The molecule has 4 nitrogen and oxygen atoms in total. The van der Waals surface area contributed by atoms with Crippen molar-refractivity contribution in [3.63, 3.8) is 0 Å². The molecule has 0 fully saturated rings. The van der Waals surface area contributed by atoms with E-state index in [9.17, 15) is 9.50 Å². The van der Waals surface area contributed by atoms with Gasteiger partial charge in [0.05, 0.1) is 12.8 Å². The summed E-state index contributed by atoms with van der Waals surface area (Å²) in [7, 11) is 0. The summed E-state index contributed by atoms with van der Waals surface area (Å²) in [4.78, 5) is 10.1. The maximum Gasteiger partial charge on any atom is 0.142 e. The molecule has 5 heteroatoms. The molecule has 2 aromatic rings. The Morgan fingerprint density at radius 2 is 2.05 bits per heavy atom. The first-order valence-corrected chi connectivity index (χ1v) is 6.13. The van der Waals surface area contributed by atoms with E-state index < -0.39 is 5.82 Å². The second-order valence-electron chi connectivity index (χ2n) is 4.16. The van der Waals surface area contributed by atoms with E-state index in [4.69, 9.17) is 0 Å². The lowest BCUT2D eigenvalue weighted by Crippen LogP contribution is -2.24. The fraction of sp³-hybridized carbons (Fsp3) is 0.286. The maximum absolute atomic E-state index is 13.1. The summed E-state index contributed by atoms with van der Waals surface area (Å²) in [6, 6.07) is 5.16. The van der Waals surface area contributed by atoms with E-state index >= 15 is 0 Å². The summed E-state index contributed by atoms with van der Waals surface area (Å²) < 4.78 is 13.1. The van der Waals surface area contributed by atoms with Gasteiger partial charge in [-0.25, -0.2) is 9.37 Å². The SMILES string of the molecule is CCN(Cc1ccncc1)c1ncc(F)cc1CO. The minimum absolute atomic E-state index is 0.229. The Labute approximate surface area is 111 Å². The highest BCUT2D eigenvalue weighted by molar-refractivity contribution is 5.47. The standard InChI is InChI=1S/C14H16FN3O/c1-2-18(9-11-3-5-16-6-4-11)14-12(10-19)7-13(15)8-17-14/h3-8,19H,2,9-10H2,1H3. The van der Waals surface area contributed by atoms with Gasteiger partial charge in [0.1, 0.15) is 11.6 Å². The fourth-order valence-corrected chi connectivity index (χ4v) is 1.92. The monoisotopic (exact) mass is 261 g/mol. The van der Waals surface area contributed by atoms with Gasteiger partial charge in [-0.3, -0.25) is 4.98 Å². The van der Waals surface area contributed by atoms with Crippen molar-refractivity contribution in [2.24, 2.45) is 0 Å². The Morgan fingerprint density at radius 3 is 2.68 bits per heavy atom. The van der Waals surface area contributed by atoms with Crippen LogP contribution in [0.25, 0.3) is 0 Å². The quantitative estimate of drug-likeness (QED) is 0.895. The van der Waals surface area contributed by atoms with E-state index in [-0.39, 0.29) is 6.61 Å². The molecule has 0 amide bonds. The molecule has 0 radical (unpaired) electrons. The van der Waals surface area contributed by atoms with E-state index in [0.29, 0.717) is 24.5 Å². The van der Waals surface area contributed by atoms with Crippen LogP contribution in [0.4, 0.5) is 10.2 Å². The maximum atomic E-state index is 13.1. The Hall–Kier alpha value is -2.01. The van der Waals surface area contributed by atoms with Crippen molar-refractivity contribution in [1.29, 1.82) is 0 Å². The Kier molecular flexibility index (Phi) is 4.41. The molecular formula is C14H16FN3O. The molecule has 0 unspecified atom stereocenters. The molecule has 0 spiro atoms. The van der Waals surface area contributed by atoms with Crippen LogP contribution in [0, 0.1) is 5.82 Å². The second kappa shape index (κ2) is 6.24. The van der Waals surface area contributed by atoms with E-state index in [0.717, 1.165) is 5.56 Å². The van der Waals surface area contributed by atoms with Crippen LogP contribution in [0.2, 0.25) is 0 Å². The highest BCUT2D eigenvalue weighted by Gasteiger charge is 2.12. The molecule has 0 aliphatic rings. The second-order valence-corrected chi connectivity index (χ2v) is 4.16. The number of halogens is 1. The predicted molar refractivity (Wildman–Crippen MR) is 71.1 cm³/mol. The van der Waals surface area contributed by atoms with E-state index in [1.807, 2.05) is 24.0 Å². The zero-order valence-corrected chi connectivity index (χ0v) is 10.8. The normalized spacial score (nSPS) is 10.5. The highest BCUT2D eigenvalue weighted by atomic mass is 19.1. The number of nitrogens with zero attached hydrogens (tertiary/aromatic N) is 3.